The average molecular weight is 731 g/mol. The highest BCUT2D eigenvalue weighted by Gasteiger charge is 2.19. The van der Waals surface area contributed by atoms with Crippen molar-refractivity contribution in [1.29, 1.82) is 0 Å². The summed E-state index contributed by atoms with van der Waals surface area (Å²) in [6, 6.07) is 67.8. The molecule has 0 saturated heterocycles. The van der Waals surface area contributed by atoms with Crippen LogP contribution in [-0.4, -0.2) is 19.5 Å². The average Bonchev–Trinajstić information content (AvgIpc) is 3.83. The van der Waals surface area contributed by atoms with Crippen LogP contribution in [0.5, 0.6) is 0 Å². The van der Waals surface area contributed by atoms with Crippen LogP contribution in [0.25, 0.3) is 94.5 Å². The second kappa shape index (κ2) is 13.6. The van der Waals surface area contributed by atoms with E-state index < -0.39 is 0 Å². The molecule has 57 heavy (non-hydrogen) atoms. The summed E-state index contributed by atoms with van der Waals surface area (Å²) in [4.78, 5) is 15.2. The van der Waals surface area contributed by atoms with Crippen molar-refractivity contribution in [3.05, 3.63) is 206 Å². The van der Waals surface area contributed by atoms with Crippen LogP contribution in [0, 0.1) is 0 Å². The highest BCUT2D eigenvalue weighted by molar-refractivity contribution is 6.14. The Morgan fingerprint density at radius 2 is 0.982 bits per heavy atom. The molecule has 0 unspecified atom stereocenters. The third-order valence-corrected chi connectivity index (χ3v) is 10.9. The summed E-state index contributed by atoms with van der Waals surface area (Å²) in [6.07, 6.45) is 0.516. The number of rotatable bonds is 7. The number of nitrogens with zero attached hydrogens (tertiary/aromatic N) is 4. The number of furan rings is 1. The molecule has 0 bridgehead atoms. The zero-order chi connectivity index (χ0) is 37.7. The molecule has 268 valence electrons. The van der Waals surface area contributed by atoms with Gasteiger partial charge in [-0.3, -0.25) is 0 Å². The summed E-state index contributed by atoms with van der Waals surface area (Å²) in [5.74, 6) is 2.01. The molecule has 0 fully saturated rings. The number of para-hydroxylation sites is 3. The summed E-state index contributed by atoms with van der Waals surface area (Å²) in [7, 11) is 0. The van der Waals surface area contributed by atoms with Gasteiger partial charge in [0.15, 0.2) is 11.6 Å². The Hall–Kier alpha value is -7.63. The van der Waals surface area contributed by atoms with E-state index in [0.717, 1.165) is 72.0 Å². The molecule has 0 aliphatic carbocycles. The van der Waals surface area contributed by atoms with Gasteiger partial charge >= 0.3 is 0 Å². The first-order valence-corrected chi connectivity index (χ1v) is 19.2. The molecule has 0 spiro atoms. The molecule has 0 saturated carbocycles. The van der Waals surface area contributed by atoms with Gasteiger partial charge in [-0.15, -0.1) is 0 Å². The number of benzene rings is 8. The summed E-state index contributed by atoms with van der Waals surface area (Å²) in [6.45, 7) is 0. The van der Waals surface area contributed by atoms with Gasteiger partial charge in [0.1, 0.15) is 17.0 Å². The molecule has 3 aromatic heterocycles. The molecular weight excluding hydrogens is 697 g/mol. The molecule has 0 aliphatic rings. The largest absolute Gasteiger partial charge is 0.456 e. The topological polar surface area (TPSA) is 56.7 Å². The summed E-state index contributed by atoms with van der Waals surface area (Å²) in [5.41, 5.74) is 12.7. The van der Waals surface area contributed by atoms with Gasteiger partial charge < -0.3 is 8.98 Å². The molecular formula is C52H34N4O. The molecule has 5 heteroatoms. The Morgan fingerprint density at radius 1 is 0.404 bits per heavy atom. The lowest BCUT2D eigenvalue weighted by atomic mass is 9.98. The van der Waals surface area contributed by atoms with Crippen molar-refractivity contribution < 1.29 is 4.42 Å². The number of aromatic nitrogens is 4. The van der Waals surface area contributed by atoms with E-state index >= 15 is 0 Å². The maximum atomic E-state index is 6.29. The Labute approximate surface area is 329 Å². The van der Waals surface area contributed by atoms with Crippen LogP contribution >= 0.6 is 0 Å². The smallest absolute Gasteiger partial charge is 0.163 e. The lowest BCUT2D eigenvalue weighted by Gasteiger charge is -2.15. The van der Waals surface area contributed by atoms with Crippen molar-refractivity contribution in [3.8, 4) is 50.7 Å². The molecule has 5 nitrogen and oxygen atoms in total. The van der Waals surface area contributed by atoms with E-state index in [0.29, 0.717) is 23.9 Å². The molecule has 8 aromatic carbocycles. The highest BCUT2D eigenvalue weighted by atomic mass is 16.3. The standard InChI is InChI=1S/C52H34N4O/c1-3-14-34(15-4-1)35-26-28-37(29-27-35)52-54-49(53-51(55-52)36-16-5-2-6-17-36)33-39-18-7-10-22-44(39)56-45-23-11-8-19-41(45)42-31-30-38(32-46(42)56)40-21-13-25-48-50(40)43-20-9-12-24-47(43)57-48/h1-32H,33H2. The van der Waals surface area contributed by atoms with Gasteiger partial charge in [-0.25, -0.2) is 15.0 Å². The predicted octanol–water partition coefficient (Wildman–Crippen LogP) is 13.1. The molecule has 11 aromatic rings. The van der Waals surface area contributed by atoms with E-state index in [4.69, 9.17) is 19.4 Å². The molecule has 0 atom stereocenters. The zero-order valence-corrected chi connectivity index (χ0v) is 30.9. The van der Waals surface area contributed by atoms with Gasteiger partial charge in [0, 0.05) is 44.8 Å². The maximum absolute atomic E-state index is 6.29. The van der Waals surface area contributed by atoms with Gasteiger partial charge in [-0.1, -0.05) is 164 Å². The minimum Gasteiger partial charge on any atom is -0.456 e. The van der Waals surface area contributed by atoms with Crippen LogP contribution in [0.3, 0.4) is 0 Å². The SMILES string of the molecule is c1ccc(-c2ccc(-c3nc(Cc4ccccc4-n4c5ccccc5c5ccc(-c6cccc7oc8ccccc8c67)cc54)nc(-c4ccccc4)n3)cc2)cc1. The molecule has 0 N–H and O–H groups in total. The van der Waals surface area contributed by atoms with Crippen molar-refractivity contribution in [2.75, 3.05) is 0 Å². The summed E-state index contributed by atoms with van der Waals surface area (Å²) < 4.78 is 8.69. The molecule has 3 heterocycles. The zero-order valence-electron chi connectivity index (χ0n) is 30.9. The number of fused-ring (bicyclic) bond motifs is 6. The van der Waals surface area contributed by atoms with E-state index in [2.05, 4.69) is 162 Å². The van der Waals surface area contributed by atoms with Crippen molar-refractivity contribution in [3.63, 3.8) is 0 Å². The highest BCUT2D eigenvalue weighted by Crippen LogP contribution is 2.40. The van der Waals surface area contributed by atoms with Crippen LogP contribution in [0.4, 0.5) is 0 Å². The van der Waals surface area contributed by atoms with Crippen molar-refractivity contribution in [1.82, 2.24) is 19.5 Å². The van der Waals surface area contributed by atoms with E-state index in [9.17, 15) is 0 Å². The fourth-order valence-electron chi connectivity index (χ4n) is 8.25. The first kappa shape index (κ1) is 32.8. The minimum absolute atomic E-state index is 0.516. The monoisotopic (exact) mass is 730 g/mol. The molecule has 11 rings (SSSR count). The Kier molecular flexibility index (Phi) is 7.81. The fraction of sp³-hybridized carbons (Fsp3) is 0.0192. The molecule has 0 radical (unpaired) electrons. The lowest BCUT2D eigenvalue weighted by molar-refractivity contribution is 0.669. The van der Waals surface area contributed by atoms with Gasteiger partial charge in [0.2, 0.25) is 0 Å². The van der Waals surface area contributed by atoms with Gasteiger partial charge in [-0.2, -0.15) is 0 Å². The van der Waals surface area contributed by atoms with Crippen LogP contribution in [0.2, 0.25) is 0 Å². The van der Waals surface area contributed by atoms with Gasteiger partial charge in [-0.05, 0) is 58.1 Å². The van der Waals surface area contributed by atoms with Crippen molar-refractivity contribution in [2.45, 2.75) is 6.42 Å². The first-order chi connectivity index (χ1) is 28.2. The second-order valence-corrected chi connectivity index (χ2v) is 14.4. The Balaban J connectivity index is 1.06. The normalized spacial score (nSPS) is 11.6. The third kappa shape index (κ3) is 5.76. The molecule has 0 aliphatic heterocycles. The minimum atomic E-state index is 0.516. The van der Waals surface area contributed by atoms with E-state index in [1.165, 1.54) is 16.3 Å². The summed E-state index contributed by atoms with van der Waals surface area (Å²) in [5, 5.41) is 4.65. The van der Waals surface area contributed by atoms with E-state index in [1.54, 1.807) is 0 Å². The van der Waals surface area contributed by atoms with Crippen LogP contribution in [-0.2, 0) is 6.42 Å². The van der Waals surface area contributed by atoms with E-state index in [1.807, 2.05) is 36.4 Å². The van der Waals surface area contributed by atoms with Crippen LogP contribution in [0.1, 0.15) is 11.4 Å². The second-order valence-electron chi connectivity index (χ2n) is 14.4. The van der Waals surface area contributed by atoms with Gasteiger partial charge in [0.05, 0.1) is 11.0 Å². The maximum Gasteiger partial charge on any atom is 0.163 e. The Bertz CT molecular complexity index is 3260. The van der Waals surface area contributed by atoms with Crippen molar-refractivity contribution >= 4 is 43.7 Å². The van der Waals surface area contributed by atoms with E-state index in [-0.39, 0.29) is 0 Å². The predicted molar refractivity (Wildman–Crippen MR) is 232 cm³/mol. The number of hydrogen-bond acceptors (Lipinski definition) is 4. The van der Waals surface area contributed by atoms with Crippen LogP contribution < -0.4 is 0 Å². The Morgan fingerprint density at radius 3 is 1.79 bits per heavy atom. The quantitative estimate of drug-likeness (QED) is 0.164. The molecule has 0 amide bonds. The third-order valence-electron chi connectivity index (χ3n) is 10.9. The fourth-order valence-corrected chi connectivity index (χ4v) is 8.25. The first-order valence-electron chi connectivity index (χ1n) is 19.2. The summed E-state index contributed by atoms with van der Waals surface area (Å²) >= 11 is 0. The lowest BCUT2D eigenvalue weighted by Crippen LogP contribution is -2.06. The van der Waals surface area contributed by atoms with Gasteiger partial charge in [0.25, 0.3) is 0 Å². The van der Waals surface area contributed by atoms with Crippen molar-refractivity contribution in [2.24, 2.45) is 0 Å². The van der Waals surface area contributed by atoms with Crippen LogP contribution in [0.15, 0.2) is 199 Å². The number of hydrogen-bond donors (Lipinski definition) is 0.